The van der Waals surface area contributed by atoms with Gasteiger partial charge < -0.3 is 4.52 Å². The van der Waals surface area contributed by atoms with Gasteiger partial charge in [-0.2, -0.15) is 0 Å². The molecule has 1 aliphatic heterocycles. The number of rotatable bonds is 3. The largest absolute Gasteiger partial charge is 0.361 e. The predicted molar refractivity (Wildman–Crippen MR) is 89.8 cm³/mol. The van der Waals surface area contributed by atoms with Crippen molar-refractivity contribution in [3.63, 3.8) is 0 Å². The number of likely N-dealkylation sites (tertiary alicyclic amines) is 1. The summed E-state index contributed by atoms with van der Waals surface area (Å²) in [7, 11) is 0. The van der Waals surface area contributed by atoms with Crippen LogP contribution in [0.15, 0.2) is 39.8 Å². The molecule has 0 bridgehead atoms. The minimum Gasteiger partial charge on any atom is -0.361 e. The quantitative estimate of drug-likeness (QED) is 0.741. The Morgan fingerprint density at radius 2 is 2.21 bits per heavy atom. The van der Waals surface area contributed by atoms with Crippen LogP contribution in [0.4, 0.5) is 0 Å². The van der Waals surface area contributed by atoms with Crippen molar-refractivity contribution in [2.24, 2.45) is 0 Å². The van der Waals surface area contributed by atoms with Crippen molar-refractivity contribution in [2.45, 2.75) is 39.3 Å². The lowest BCUT2D eigenvalue weighted by atomic mass is 10.1. The normalized spacial score (nSPS) is 18.5. The van der Waals surface area contributed by atoms with Crippen LogP contribution in [0.25, 0.3) is 5.65 Å². The van der Waals surface area contributed by atoms with Crippen LogP contribution in [0, 0.1) is 13.8 Å². The van der Waals surface area contributed by atoms with Gasteiger partial charge >= 0.3 is 0 Å². The van der Waals surface area contributed by atoms with Crippen LogP contribution in [0.3, 0.4) is 0 Å². The van der Waals surface area contributed by atoms with E-state index in [-0.39, 0.29) is 11.6 Å². The lowest BCUT2D eigenvalue weighted by Crippen LogP contribution is -2.25. The molecule has 124 valence electrons. The van der Waals surface area contributed by atoms with Crippen LogP contribution < -0.4 is 5.56 Å². The van der Waals surface area contributed by atoms with Gasteiger partial charge in [-0.3, -0.25) is 14.1 Å². The predicted octanol–water partition coefficient (Wildman–Crippen LogP) is 2.64. The van der Waals surface area contributed by atoms with E-state index >= 15 is 0 Å². The molecular formula is C18H20N4O2. The first-order valence-electron chi connectivity index (χ1n) is 8.27. The highest BCUT2D eigenvalue weighted by atomic mass is 16.5. The van der Waals surface area contributed by atoms with Crippen LogP contribution in [0.5, 0.6) is 0 Å². The molecule has 1 fully saturated rings. The van der Waals surface area contributed by atoms with E-state index in [9.17, 15) is 4.79 Å². The van der Waals surface area contributed by atoms with Gasteiger partial charge in [-0.25, -0.2) is 4.98 Å². The third-order valence-corrected chi connectivity index (χ3v) is 4.66. The SMILES string of the molecule is Cc1cc(C2CCCN2Cc2cc(=O)n3cccc(C)c3n2)no1. The molecule has 3 aromatic rings. The van der Waals surface area contributed by atoms with Gasteiger partial charge in [0.1, 0.15) is 17.1 Å². The van der Waals surface area contributed by atoms with Gasteiger partial charge in [0.25, 0.3) is 5.56 Å². The van der Waals surface area contributed by atoms with Gasteiger partial charge in [0, 0.05) is 24.9 Å². The minimum absolute atomic E-state index is 0.0354. The highest BCUT2D eigenvalue weighted by Crippen LogP contribution is 2.32. The third-order valence-electron chi connectivity index (χ3n) is 4.66. The molecule has 1 saturated heterocycles. The number of nitrogens with zero attached hydrogens (tertiary/aromatic N) is 4. The maximum absolute atomic E-state index is 12.4. The summed E-state index contributed by atoms with van der Waals surface area (Å²) in [4.78, 5) is 19.4. The molecular weight excluding hydrogens is 304 g/mol. The maximum atomic E-state index is 12.4. The molecule has 0 saturated carbocycles. The van der Waals surface area contributed by atoms with E-state index in [0.29, 0.717) is 6.54 Å². The first-order chi connectivity index (χ1) is 11.6. The zero-order valence-electron chi connectivity index (χ0n) is 13.9. The molecule has 0 N–H and O–H groups in total. The zero-order chi connectivity index (χ0) is 16.7. The average molecular weight is 324 g/mol. The smallest absolute Gasteiger partial charge is 0.258 e. The number of aromatic nitrogens is 3. The Morgan fingerprint density at radius 3 is 3.00 bits per heavy atom. The topological polar surface area (TPSA) is 63.6 Å². The number of aryl methyl sites for hydroxylation is 2. The first-order valence-corrected chi connectivity index (χ1v) is 8.27. The van der Waals surface area contributed by atoms with Gasteiger partial charge in [0.2, 0.25) is 0 Å². The van der Waals surface area contributed by atoms with Crippen molar-refractivity contribution < 1.29 is 4.52 Å². The van der Waals surface area contributed by atoms with Crippen LogP contribution in [-0.4, -0.2) is 26.0 Å². The fourth-order valence-electron chi connectivity index (χ4n) is 3.49. The van der Waals surface area contributed by atoms with Crippen molar-refractivity contribution in [1.82, 2.24) is 19.4 Å². The summed E-state index contributed by atoms with van der Waals surface area (Å²) >= 11 is 0. The van der Waals surface area contributed by atoms with Crippen LogP contribution in [0.2, 0.25) is 0 Å². The summed E-state index contributed by atoms with van der Waals surface area (Å²) in [5.41, 5.74) is 3.47. The maximum Gasteiger partial charge on any atom is 0.258 e. The molecule has 6 heteroatoms. The fourth-order valence-corrected chi connectivity index (χ4v) is 3.49. The Morgan fingerprint density at radius 1 is 1.33 bits per heavy atom. The first kappa shape index (κ1) is 15.1. The molecule has 0 aromatic carbocycles. The van der Waals surface area contributed by atoms with Crippen molar-refractivity contribution in [2.75, 3.05) is 6.54 Å². The zero-order valence-corrected chi connectivity index (χ0v) is 13.9. The van der Waals surface area contributed by atoms with E-state index in [1.807, 2.05) is 32.0 Å². The van der Waals surface area contributed by atoms with E-state index in [1.54, 1.807) is 16.7 Å². The van der Waals surface area contributed by atoms with Gasteiger partial charge in [0.15, 0.2) is 0 Å². The van der Waals surface area contributed by atoms with Crippen LogP contribution in [-0.2, 0) is 6.54 Å². The summed E-state index contributed by atoms with van der Waals surface area (Å²) in [5, 5.41) is 4.17. The summed E-state index contributed by atoms with van der Waals surface area (Å²) in [6, 6.07) is 7.71. The molecule has 3 aromatic heterocycles. The van der Waals surface area contributed by atoms with Gasteiger partial charge in [-0.05, 0) is 44.9 Å². The minimum atomic E-state index is -0.0354. The average Bonchev–Trinajstić information content (AvgIpc) is 3.17. The third kappa shape index (κ3) is 2.63. The molecule has 6 nitrogen and oxygen atoms in total. The number of fused-ring (bicyclic) bond motifs is 1. The Balaban J connectivity index is 1.66. The van der Waals surface area contributed by atoms with Crippen molar-refractivity contribution in [3.05, 3.63) is 63.5 Å². The molecule has 24 heavy (non-hydrogen) atoms. The fraction of sp³-hybridized carbons (Fsp3) is 0.389. The van der Waals surface area contributed by atoms with E-state index in [2.05, 4.69) is 10.1 Å². The Hall–Kier alpha value is -2.47. The van der Waals surface area contributed by atoms with Gasteiger partial charge in [-0.1, -0.05) is 11.2 Å². The molecule has 4 rings (SSSR count). The summed E-state index contributed by atoms with van der Waals surface area (Å²) < 4.78 is 6.82. The molecule has 1 aliphatic rings. The monoisotopic (exact) mass is 324 g/mol. The Kier molecular flexibility index (Phi) is 3.69. The summed E-state index contributed by atoms with van der Waals surface area (Å²) in [6.07, 6.45) is 3.93. The second kappa shape index (κ2) is 5.87. The lowest BCUT2D eigenvalue weighted by Gasteiger charge is -2.22. The summed E-state index contributed by atoms with van der Waals surface area (Å²) in [5.74, 6) is 0.828. The number of hydrogen-bond donors (Lipinski definition) is 0. The van der Waals surface area contributed by atoms with Crippen LogP contribution in [0.1, 0.15) is 41.6 Å². The molecule has 0 spiro atoms. The van der Waals surface area contributed by atoms with Gasteiger partial charge in [-0.15, -0.1) is 0 Å². The Bertz CT molecular complexity index is 944. The highest BCUT2D eigenvalue weighted by molar-refractivity contribution is 5.46. The summed E-state index contributed by atoms with van der Waals surface area (Å²) in [6.45, 7) is 5.51. The molecule has 1 unspecified atom stereocenters. The second-order valence-corrected chi connectivity index (χ2v) is 6.46. The standard InChI is InChI=1S/C18H20N4O2/c1-12-5-3-8-22-17(23)10-14(19-18(12)22)11-21-7-4-6-16(21)15-9-13(2)24-20-15/h3,5,8-10,16H,4,6-7,11H2,1-2H3. The van der Waals surface area contributed by atoms with Crippen molar-refractivity contribution in [3.8, 4) is 0 Å². The number of hydrogen-bond acceptors (Lipinski definition) is 5. The van der Waals surface area contributed by atoms with Crippen molar-refractivity contribution >= 4 is 5.65 Å². The Labute approximate surface area is 139 Å². The lowest BCUT2D eigenvalue weighted by molar-refractivity contribution is 0.234. The second-order valence-electron chi connectivity index (χ2n) is 6.46. The number of pyridine rings is 1. The van der Waals surface area contributed by atoms with E-state index in [4.69, 9.17) is 9.51 Å². The highest BCUT2D eigenvalue weighted by Gasteiger charge is 2.28. The molecule has 0 aliphatic carbocycles. The molecule has 0 radical (unpaired) electrons. The molecule has 0 amide bonds. The van der Waals surface area contributed by atoms with Crippen LogP contribution >= 0.6 is 0 Å². The van der Waals surface area contributed by atoms with Crippen molar-refractivity contribution in [1.29, 1.82) is 0 Å². The van der Waals surface area contributed by atoms with Gasteiger partial charge in [0.05, 0.1) is 11.7 Å². The molecule has 4 heterocycles. The van der Waals surface area contributed by atoms with E-state index in [0.717, 1.165) is 47.7 Å². The van der Waals surface area contributed by atoms with E-state index in [1.165, 1.54) is 0 Å². The molecule has 1 atom stereocenters. The van der Waals surface area contributed by atoms with E-state index < -0.39 is 0 Å².